The van der Waals surface area contributed by atoms with Gasteiger partial charge in [-0.3, -0.25) is 4.57 Å². The standard InChI is InChI=1S/C19H22FN5O3/c1-26-13-8-6-7-12(16(13)27-2)22-17-15-18(24-19(20)23-17)25(11-21-15)14-9-4-3-5-10-28-14/h6-8,11,14H,3-5,9-10H2,1-2H3,(H,22,23,24). The molecule has 4 rings (SSSR count). The Morgan fingerprint density at radius 1 is 1.18 bits per heavy atom. The van der Waals surface area contributed by atoms with Gasteiger partial charge >= 0.3 is 6.08 Å². The number of hydrogen-bond donors (Lipinski definition) is 1. The molecule has 1 atom stereocenters. The molecular formula is C19H22FN5O3. The van der Waals surface area contributed by atoms with Crippen molar-refractivity contribution in [3.63, 3.8) is 0 Å². The van der Waals surface area contributed by atoms with E-state index in [1.54, 1.807) is 36.2 Å². The lowest BCUT2D eigenvalue weighted by Gasteiger charge is -2.17. The molecule has 0 aliphatic carbocycles. The molecule has 1 aromatic carbocycles. The Morgan fingerprint density at radius 2 is 2.07 bits per heavy atom. The van der Waals surface area contributed by atoms with Crippen molar-refractivity contribution in [3.05, 3.63) is 30.6 Å². The van der Waals surface area contributed by atoms with E-state index < -0.39 is 6.08 Å². The number of methoxy groups -OCH3 is 2. The monoisotopic (exact) mass is 387 g/mol. The summed E-state index contributed by atoms with van der Waals surface area (Å²) < 4.78 is 32.7. The number of rotatable bonds is 5. The molecule has 1 N–H and O–H groups in total. The average molecular weight is 387 g/mol. The summed E-state index contributed by atoms with van der Waals surface area (Å²) in [5.41, 5.74) is 1.43. The smallest absolute Gasteiger partial charge is 0.312 e. The lowest BCUT2D eigenvalue weighted by atomic mass is 10.2. The first kappa shape index (κ1) is 18.4. The minimum atomic E-state index is -0.841. The molecule has 28 heavy (non-hydrogen) atoms. The molecule has 0 bridgehead atoms. The molecular weight excluding hydrogens is 365 g/mol. The van der Waals surface area contributed by atoms with Gasteiger partial charge in [-0.05, 0) is 31.4 Å². The topological polar surface area (TPSA) is 83.3 Å². The Hall–Kier alpha value is -2.94. The predicted octanol–water partition coefficient (Wildman–Crippen LogP) is 3.82. The van der Waals surface area contributed by atoms with Crippen LogP contribution in [0, 0.1) is 6.08 Å². The summed E-state index contributed by atoms with van der Waals surface area (Å²) in [5.74, 6) is 1.29. The summed E-state index contributed by atoms with van der Waals surface area (Å²) in [5, 5.41) is 3.10. The number of para-hydroxylation sites is 1. The zero-order valence-corrected chi connectivity index (χ0v) is 15.8. The van der Waals surface area contributed by atoms with Crippen molar-refractivity contribution < 1.29 is 18.6 Å². The highest BCUT2D eigenvalue weighted by atomic mass is 19.1. The van der Waals surface area contributed by atoms with Gasteiger partial charge in [-0.1, -0.05) is 12.5 Å². The fourth-order valence-electron chi connectivity index (χ4n) is 3.42. The fourth-order valence-corrected chi connectivity index (χ4v) is 3.42. The average Bonchev–Trinajstić information content (AvgIpc) is 2.94. The van der Waals surface area contributed by atoms with Gasteiger partial charge in [0.1, 0.15) is 6.23 Å². The molecule has 0 amide bonds. The van der Waals surface area contributed by atoms with E-state index in [-0.39, 0.29) is 12.0 Å². The Labute approximate surface area is 161 Å². The lowest BCUT2D eigenvalue weighted by molar-refractivity contribution is 0.00928. The van der Waals surface area contributed by atoms with E-state index in [1.807, 2.05) is 0 Å². The largest absolute Gasteiger partial charge is 0.493 e. The number of ether oxygens (including phenoxy) is 3. The predicted molar refractivity (Wildman–Crippen MR) is 102 cm³/mol. The van der Waals surface area contributed by atoms with Crippen LogP contribution < -0.4 is 14.8 Å². The van der Waals surface area contributed by atoms with Crippen molar-refractivity contribution in [1.82, 2.24) is 19.5 Å². The molecule has 2 aromatic heterocycles. The van der Waals surface area contributed by atoms with Crippen LogP contribution in [-0.2, 0) is 4.74 Å². The fraction of sp³-hybridized carbons (Fsp3) is 0.421. The van der Waals surface area contributed by atoms with Crippen LogP contribution >= 0.6 is 0 Å². The summed E-state index contributed by atoms with van der Waals surface area (Å²) in [6.07, 6.45) is 4.61. The lowest BCUT2D eigenvalue weighted by Crippen LogP contribution is -2.12. The molecule has 3 aromatic rings. The molecule has 0 saturated carbocycles. The van der Waals surface area contributed by atoms with Gasteiger partial charge in [0.15, 0.2) is 28.5 Å². The third kappa shape index (κ3) is 3.45. The van der Waals surface area contributed by atoms with Gasteiger partial charge in [0.05, 0.1) is 26.2 Å². The van der Waals surface area contributed by atoms with Gasteiger partial charge < -0.3 is 19.5 Å². The number of benzene rings is 1. The van der Waals surface area contributed by atoms with E-state index in [4.69, 9.17) is 14.2 Å². The minimum absolute atomic E-state index is 0.207. The maximum absolute atomic E-state index is 14.2. The van der Waals surface area contributed by atoms with Crippen LogP contribution in [-0.4, -0.2) is 40.3 Å². The quantitative estimate of drug-likeness (QED) is 0.667. The Kier molecular flexibility index (Phi) is 5.25. The number of nitrogens with one attached hydrogen (secondary N) is 1. The van der Waals surface area contributed by atoms with Gasteiger partial charge in [0.25, 0.3) is 0 Å². The van der Waals surface area contributed by atoms with E-state index in [9.17, 15) is 4.39 Å². The second-order valence-electron chi connectivity index (χ2n) is 6.51. The number of nitrogens with zero attached hydrogens (tertiary/aromatic N) is 4. The van der Waals surface area contributed by atoms with Crippen molar-refractivity contribution >= 4 is 22.7 Å². The maximum Gasteiger partial charge on any atom is 0.312 e. The normalized spacial score (nSPS) is 17.3. The maximum atomic E-state index is 14.2. The van der Waals surface area contributed by atoms with Crippen LogP contribution in [0.25, 0.3) is 11.2 Å². The molecule has 1 saturated heterocycles. The SMILES string of the molecule is COc1cccc(Nc2nc(F)nc3c2ncn3C2CCCCCO2)c1OC. The van der Waals surface area contributed by atoms with E-state index >= 15 is 0 Å². The summed E-state index contributed by atoms with van der Waals surface area (Å²) >= 11 is 0. The molecule has 1 aliphatic heterocycles. The molecule has 0 spiro atoms. The van der Waals surface area contributed by atoms with Crippen molar-refractivity contribution in [2.45, 2.75) is 31.9 Å². The third-order valence-corrected chi connectivity index (χ3v) is 4.77. The van der Waals surface area contributed by atoms with Crippen LogP contribution in [0.5, 0.6) is 11.5 Å². The molecule has 148 valence electrons. The van der Waals surface area contributed by atoms with Gasteiger partial charge in [-0.15, -0.1) is 0 Å². The van der Waals surface area contributed by atoms with Gasteiger partial charge in [-0.2, -0.15) is 14.4 Å². The van der Waals surface area contributed by atoms with Gasteiger partial charge in [0.2, 0.25) is 0 Å². The van der Waals surface area contributed by atoms with Crippen LogP contribution in [0.1, 0.15) is 31.9 Å². The molecule has 1 unspecified atom stereocenters. The van der Waals surface area contributed by atoms with Gasteiger partial charge in [-0.25, -0.2) is 4.98 Å². The number of halogens is 1. The van der Waals surface area contributed by atoms with Crippen LogP contribution in [0.3, 0.4) is 0 Å². The highest BCUT2D eigenvalue weighted by Gasteiger charge is 2.21. The summed E-state index contributed by atoms with van der Waals surface area (Å²) in [4.78, 5) is 12.3. The summed E-state index contributed by atoms with van der Waals surface area (Å²) in [6.45, 7) is 0.671. The van der Waals surface area contributed by atoms with Crippen LogP contribution in [0.15, 0.2) is 24.5 Å². The van der Waals surface area contributed by atoms with Crippen LogP contribution in [0.4, 0.5) is 15.9 Å². The molecule has 8 nitrogen and oxygen atoms in total. The first-order valence-electron chi connectivity index (χ1n) is 9.21. The Morgan fingerprint density at radius 3 is 2.89 bits per heavy atom. The number of aromatic nitrogens is 4. The van der Waals surface area contributed by atoms with E-state index in [1.165, 1.54) is 7.11 Å². The molecule has 1 fully saturated rings. The second kappa shape index (κ2) is 7.97. The third-order valence-electron chi connectivity index (χ3n) is 4.77. The van der Waals surface area contributed by atoms with Gasteiger partial charge in [0, 0.05) is 6.61 Å². The Bertz CT molecular complexity index is 970. The second-order valence-corrected chi connectivity index (χ2v) is 6.51. The zero-order valence-electron chi connectivity index (χ0n) is 15.8. The zero-order chi connectivity index (χ0) is 19.5. The van der Waals surface area contributed by atoms with E-state index in [0.717, 1.165) is 25.7 Å². The number of hydrogen-bond acceptors (Lipinski definition) is 7. The van der Waals surface area contributed by atoms with Crippen molar-refractivity contribution in [1.29, 1.82) is 0 Å². The Balaban J connectivity index is 1.75. The number of fused-ring (bicyclic) bond motifs is 1. The minimum Gasteiger partial charge on any atom is -0.493 e. The van der Waals surface area contributed by atoms with Crippen molar-refractivity contribution in [2.24, 2.45) is 0 Å². The van der Waals surface area contributed by atoms with E-state index in [2.05, 4.69) is 20.3 Å². The number of anilines is 2. The summed E-state index contributed by atoms with van der Waals surface area (Å²) in [7, 11) is 3.09. The molecule has 9 heteroatoms. The summed E-state index contributed by atoms with van der Waals surface area (Å²) in [6, 6.07) is 5.37. The van der Waals surface area contributed by atoms with Crippen LogP contribution in [0.2, 0.25) is 0 Å². The van der Waals surface area contributed by atoms with Crippen molar-refractivity contribution in [3.8, 4) is 11.5 Å². The van der Waals surface area contributed by atoms with Crippen molar-refractivity contribution in [2.75, 3.05) is 26.1 Å². The first-order chi connectivity index (χ1) is 13.7. The highest BCUT2D eigenvalue weighted by Crippen LogP contribution is 2.37. The molecule has 3 heterocycles. The first-order valence-corrected chi connectivity index (χ1v) is 9.21. The highest BCUT2D eigenvalue weighted by molar-refractivity contribution is 5.86. The molecule has 1 aliphatic rings. The van der Waals surface area contributed by atoms with E-state index in [0.29, 0.717) is 35.0 Å². The molecule has 0 radical (unpaired) electrons. The number of imidazole rings is 1.